The largest absolute Gasteiger partial charge is 0.447 e. The highest BCUT2D eigenvalue weighted by atomic mass is 31.2. The van der Waals surface area contributed by atoms with Crippen molar-refractivity contribution in [2.45, 2.75) is 39.4 Å². The molecule has 0 aliphatic rings. The van der Waals surface area contributed by atoms with Crippen LogP contribution in [-0.2, 0) is 28.2 Å². The Balaban J connectivity index is 2.62. The highest BCUT2D eigenvalue weighted by Gasteiger charge is 2.47. The predicted molar refractivity (Wildman–Crippen MR) is 106 cm³/mol. The van der Waals surface area contributed by atoms with Gasteiger partial charge in [-0.05, 0) is 13.8 Å². The van der Waals surface area contributed by atoms with Gasteiger partial charge in [0.2, 0.25) is 11.7 Å². The van der Waals surface area contributed by atoms with Crippen molar-refractivity contribution >= 4 is 19.3 Å². The van der Waals surface area contributed by atoms with E-state index in [9.17, 15) is 14.2 Å². The van der Waals surface area contributed by atoms with E-state index < -0.39 is 31.0 Å². The highest BCUT2D eigenvalue weighted by Crippen LogP contribution is 2.69. The molecule has 7 heteroatoms. The summed E-state index contributed by atoms with van der Waals surface area (Å²) in [4.78, 5) is 23.6. The van der Waals surface area contributed by atoms with Crippen LogP contribution in [0.5, 0.6) is 0 Å². The van der Waals surface area contributed by atoms with Crippen LogP contribution in [0, 0.1) is 13.8 Å². The van der Waals surface area contributed by atoms with Crippen LogP contribution in [0.4, 0.5) is 0 Å². The Hall–Kier alpha value is -2.43. The lowest BCUT2D eigenvalue weighted by molar-refractivity contribution is -0.144. The molecular formula is C21H25O6P. The molecule has 2 aromatic carbocycles. The average Bonchev–Trinajstić information content (AvgIpc) is 2.65. The highest BCUT2D eigenvalue weighted by molar-refractivity contribution is 7.59. The van der Waals surface area contributed by atoms with Gasteiger partial charge in [0.05, 0.1) is 0 Å². The molecule has 2 rings (SSSR count). The number of benzene rings is 2. The van der Waals surface area contributed by atoms with Gasteiger partial charge >= 0.3 is 11.9 Å². The number of hydrogen-bond donors (Lipinski definition) is 0. The van der Waals surface area contributed by atoms with E-state index >= 15 is 0 Å². The van der Waals surface area contributed by atoms with Crippen LogP contribution >= 0.6 is 7.37 Å². The van der Waals surface area contributed by atoms with Gasteiger partial charge < -0.3 is 14.0 Å². The molecular weight excluding hydrogens is 379 g/mol. The van der Waals surface area contributed by atoms with Crippen LogP contribution in [0.3, 0.4) is 0 Å². The molecule has 0 heterocycles. The molecule has 2 atom stereocenters. The minimum atomic E-state index is -3.89. The Labute approximate surface area is 165 Å². The Morgan fingerprint density at radius 2 is 1.07 bits per heavy atom. The molecule has 0 amide bonds. The molecule has 0 radical (unpaired) electrons. The lowest BCUT2D eigenvalue weighted by Gasteiger charge is -2.32. The van der Waals surface area contributed by atoms with Crippen molar-refractivity contribution in [3.63, 3.8) is 0 Å². The lowest BCUT2D eigenvalue weighted by Crippen LogP contribution is -2.18. The molecule has 0 fully saturated rings. The van der Waals surface area contributed by atoms with Crippen LogP contribution < -0.4 is 0 Å². The number of carbonyl (C=O) groups is 2. The SMILES string of the molecule is COP(=O)([C@H](OC(C)=O)c1ccc(C)cc1)[C@H](OC(C)=O)c1ccc(C)cc1. The van der Waals surface area contributed by atoms with Crippen LogP contribution in [0.2, 0.25) is 0 Å². The third-order valence-electron chi connectivity index (χ3n) is 4.22. The second-order valence-electron chi connectivity index (χ2n) is 6.57. The van der Waals surface area contributed by atoms with E-state index in [1.807, 2.05) is 38.1 Å². The van der Waals surface area contributed by atoms with E-state index in [2.05, 4.69) is 0 Å². The van der Waals surface area contributed by atoms with E-state index in [-0.39, 0.29) is 0 Å². The normalized spacial score (nSPS) is 13.5. The fourth-order valence-electron chi connectivity index (χ4n) is 2.79. The van der Waals surface area contributed by atoms with Gasteiger partial charge in [0.25, 0.3) is 7.37 Å². The Bertz CT molecular complexity index is 803. The summed E-state index contributed by atoms with van der Waals surface area (Å²) in [6.07, 6.45) is 0. The standard InChI is InChI=1S/C21H25O6P/c1-14-6-10-18(11-7-14)20(26-16(3)22)28(24,25-5)21(27-17(4)23)19-12-8-15(2)9-13-19/h6-13,20-21H,1-5H3/t20-,21-/m0/s1. The topological polar surface area (TPSA) is 78.9 Å². The number of esters is 2. The van der Waals surface area contributed by atoms with Gasteiger partial charge in [-0.25, -0.2) is 0 Å². The molecule has 0 aromatic heterocycles. The number of carbonyl (C=O) groups excluding carboxylic acids is 2. The van der Waals surface area contributed by atoms with Crippen molar-refractivity contribution < 1.29 is 28.2 Å². The first-order chi connectivity index (χ1) is 13.2. The molecule has 0 saturated carbocycles. The van der Waals surface area contributed by atoms with Crippen molar-refractivity contribution in [3.05, 3.63) is 70.8 Å². The van der Waals surface area contributed by atoms with Crippen LogP contribution in [-0.4, -0.2) is 19.0 Å². The van der Waals surface area contributed by atoms with E-state index in [1.165, 1.54) is 21.0 Å². The van der Waals surface area contributed by atoms with Crippen molar-refractivity contribution in [3.8, 4) is 0 Å². The lowest BCUT2D eigenvalue weighted by atomic mass is 10.1. The molecule has 28 heavy (non-hydrogen) atoms. The van der Waals surface area contributed by atoms with E-state index in [1.54, 1.807) is 24.3 Å². The van der Waals surface area contributed by atoms with E-state index in [0.717, 1.165) is 11.1 Å². The zero-order valence-electron chi connectivity index (χ0n) is 16.7. The fourth-order valence-corrected chi connectivity index (χ4v) is 5.18. The van der Waals surface area contributed by atoms with E-state index in [4.69, 9.17) is 14.0 Å². The van der Waals surface area contributed by atoms with Gasteiger partial charge in [0.15, 0.2) is 0 Å². The van der Waals surface area contributed by atoms with Gasteiger partial charge in [-0.15, -0.1) is 0 Å². The maximum absolute atomic E-state index is 14.0. The smallest absolute Gasteiger partial charge is 0.303 e. The Kier molecular flexibility index (Phi) is 7.17. The van der Waals surface area contributed by atoms with Crippen LogP contribution in [0.25, 0.3) is 0 Å². The maximum atomic E-state index is 14.0. The van der Waals surface area contributed by atoms with Crippen LogP contribution in [0.1, 0.15) is 47.8 Å². The average molecular weight is 404 g/mol. The van der Waals surface area contributed by atoms with Gasteiger partial charge in [-0.1, -0.05) is 59.7 Å². The summed E-state index contributed by atoms with van der Waals surface area (Å²) in [6.45, 7) is 6.28. The van der Waals surface area contributed by atoms with Crippen LogP contribution in [0.15, 0.2) is 48.5 Å². The molecule has 0 unspecified atom stereocenters. The maximum Gasteiger partial charge on any atom is 0.303 e. The number of hydrogen-bond acceptors (Lipinski definition) is 6. The summed E-state index contributed by atoms with van der Waals surface area (Å²) in [5, 5.41) is 0. The number of aryl methyl sites for hydroxylation is 2. The van der Waals surface area contributed by atoms with Crippen molar-refractivity contribution in [2.24, 2.45) is 0 Å². The molecule has 0 aliphatic heterocycles. The zero-order chi connectivity index (χ0) is 20.9. The third-order valence-corrected chi connectivity index (χ3v) is 6.90. The summed E-state index contributed by atoms with van der Waals surface area (Å²) in [6, 6.07) is 14.1. The first-order valence-corrected chi connectivity index (χ1v) is 10.6. The monoisotopic (exact) mass is 404 g/mol. The van der Waals surface area contributed by atoms with Gasteiger partial charge in [-0.3, -0.25) is 14.2 Å². The second kappa shape index (κ2) is 9.18. The molecule has 6 nitrogen and oxygen atoms in total. The molecule has 0 N–H and O–H groups in total. The fraction of sp³-hybridized carbons (Fsp3) is 0.333. The molecule has 2 aromatic rings. The number of rotatable bonds is 7. The summed E-state index contributed by atoms with van der Waals surface area (Å²) in [5.41, 5.74) is 2.98. The summed E-state index contributed by atoms with van der Waals surface area (Å²) in [5.74, 6) is -3.68. The van der Waals surface area contributed by atoms with Crippen molar-refractivity contribution in [1.82, 2.24) is 0 Å². The Morgan fingerprint density at radius 3 is 1.32 bits per heavy atom. The third kappa shape index (κ3) is 5.09. The summed E-state index contributed by atoms with van der Waals surface area (Å²) in [7, 11) is -2.63. The summed E-state index contributed by atoms with van der Waals surface area (Å²) < 4.78 is 30.3. The Morgan fingerprint density at radius 1 is 0.750 bits per heavy atom. The van der Waals surface area contributed by atoms with Gasteiger partial charge in [0.1, 0.15) is 0 Å². The van der Waals surface area contributed by atoms with Gasteiger partial charge in [-0.2, -0.15) is 0 Å². The predicted octanol–water partition coefficient (Wildman–Crippen LogP) is 5.05. The zero-order valence-corrected chi connectivity index (χ0v) is 17.6. The second-order valence-corrected chi connectivity index (χ2v) is 9.17. The molecule has 150 valence electrons. The van der Waals surface area contributed by atoms with E-state index in [0.29, 0.717) is 11.1 Å². The van der Waals surface area contributed by atoms with Crippen molar-refractivity contribution in [2.75, 3.05) is 7.11 Å². The first kappa shape index (κ1) is 21.9. The van der Waals surface area contributed by atoms with Crippen molar-refractivity contribution in [1.29, 1.82) is 0 Å². The first-order valence-electron chi connectivity index (χ1n) is 8.80. The molecule has 0 bridgehead atoms. The molecule has 0 saturated heterocycles. The minimum absolute atomic E-state index is 0.496. The number of ether oxygens (including phenoxy) is 2. The van der Waals surface area contributed by atoms with Gasteiger partial charge in [0, 0.05) is 32.1 Å². The minimum Gasteiger partial charge on any atom is -0.447 e. The molecule has 0 spiro atoms. The quantitative estimate of drug-likeness (QED) is 0.475. The summed E-state index contributed by atoms with van der Waals surface area (Å²) >= 11 is 0. The molecule has 0 aliphatic carbocycles.